The van der Waals surface area contributed by atoms with Gasteiger partial charge < -0.3 is 5.21 Å². The van der Waals surface area contributed by atoms with Crippen LogP contribution in [0.4, 0.5) is 10.5 Å². The highest BCUT2D eigenvalue weighted by Crippen LogP contribution is 2.20. The lowest BCUT2D eigenvalue weighted by Crippen LogP contribution is -2.24. The van der Waals surface area contributed by atoms with E-state index in [0.717, 1.165) is 11.9 Å². The van der Waals surface area contributed by atoms with Crippen LogP contribution in [0.1, 0.15) is 0 Å². The number of nitrogens with zero attached hydrogens (tertiary/aromatic N) is 5. The van der Waals surface area contributed by atoms with Crippen LogP contribution >= 0.6 is 0 Å². The van der Waals surface area contributed by atoms with Crippen molar-refractivity contribution in [3.8, 4) is 11.3 Å². The van der Waals surface area contributed by atoms with E-state index >= 15 is 0 Å². The van der Waals surface area contributed by atoms with E-state index < -0.39 is 6.03 Å². The van der Waals surface area contributed by atoms with Gasteiger partial charge in [0, 0.05) is 18.3 Å². The van der Waals surface area contributed by atoms with Crippen LogP contribution in [0.2, 0.25) is 0 Å². The second kappa shape index (κ2) is 5.08. The van der Waals surface area contributed by atoms with Crippen molar-refractivity contribution in [1.82, 2.24) is 19.6 Å². The van der Waals surface area contributed by atoms with Gasteiger partial charge in [0.15, 0.2) is 0 Å². The van der Waals surface area contributed by atoms with Crippen molar-refractivity contribution in [2.24, 2.45) is 7.05 Å². The lowest BCUT2D eigenvalue weighted by molar-refractivity contribution is -0.604. The summed E-state index contributed by atoms with van der Waals surface area (Å²) in [6.07, 6.45) is 5.56. The summed E-state index contributed by atoms with van der Waals surface area (Å²) in [5.74, 6) is 0. The van der Waals surface area contributed by atoms with Crippen molar-refractivity contribution in [2.75, 3.05) is 5.32 Å². The molecule has 0 unspecified atom stereocenters. The molecule has 2 heterocycles. The van der Waals surface area contributed by atoms with Crippen molar-refractivity contribution in [3.63, 3.8) is 0 Å². The first-order valence-electron chi connectivity index (χ1n) is 6.17. The van der Waals surface area contributed by atoms with Crippen molar-refractivity contribution >= 4 is 11.7 Å². The van der Waals surface area contributed by atoms with Gasteiger partial charge in [0.25, 0.3) is 6.33 Å². The SMILES string of the molecule is Cn1cc(-c2cccc(NC(=O)n3cc[n+]([O-])c3)c2)nn1. The van der Waals surface area contributed by atoms with E-state index in [2.05, 4.69) is 15.6 Å². The van der Waals surface area contributed by atoms with E-state index in [1.54, 1.807) is 30.1 Å². The molecule has 1 N–H and O–H groups in total. The van der Waals surface area contributed by atoms with Crippen LogP contribution in [0.15, 0.2) is 49.2 Å². The molecule has 0 fully saturated rings. The predicted molar refractivity (Wildman–Crippen MR) is 74.2 cm³/mol. The molecular weight excluding hydrogens is 272 g/mol. The van der Waals surface area contributed by atoms with Gasteiger partial charge in [-0.1, -0.05) is 17.3 Å². The van der Waals surface area contributed by atoms with E-state index in [0.29, 0.717) is 16.1 Å². The average Bonchev–Trinajstić information content (AvgIpc) is 3.08. The Hall–Kier alpha value is -3.16. The number of aryl methyl sites for hydroxylation is 1. The normalized spacial score (nSPS) is 10.5. The van der Waals surface area contributed by atoms with Crippen LogP contribution in [0.25, 0.3) is 11.3 Å². The summed E-state index contributed by atoms with van der Waals surface area (Å²) in [4.78, 5) is 11.9. The standard InChI is InChI=1S/C13H12N6O2/c1-17-8-12(15-16-17)10-3-2-4-11(7-10)14-13(20)18-5-6-19(21)9-18/h2-9H,1H3,(H,14,20). The Balaban J connectivity index is 1.82. The zero-order valence-corrected chi connectivity index (χ0v) is 11.2. The molecule has 0 spiro atoms. The summed E-state index contributed by atoms with van der Waals surface area (Å²) in [6.45, 7) is 0. The maximum atomic E-state index is 11.9. The van der Waals surface area contributed by atoms with E-state index in [9.17, 15) is 10.0 Å². The summed E-state index contributed by atoms with van der Waals surface area (Å²) in [7, 11) is 1.78. The van der Waals surface area contributed by atoms with Gasteiger partial charge in [-0.25, -0.2) is 9.52 Å². The molecule has 106 valence electrons. The second-order valence-electron chi connectivity index (χ2n) is 4.47. The van der Waals surface area contributed by atoms with E-state index in [4.69, 9.17) is 0 Å². The van der Waals surface area contributed by atoms with Crippen LogP contribution in [0, 0.1) is 5.21 Å². The van der Waals surface area contributed by atoms with Gasteiger partial charge in [-0.2, -0.15) is 4.57 Å². The van der Waals surface area contributed by atoms with Gasteiger partial charge >= 0.3 is 6.03 Å². The first-order chi connectivity index (χ1) is 10.1. The van der Waals surface area contributed by atoms with Gasteiger partial charge in [-0.15, -0.1) is 5.10 Å². The number of amides is 1. The number of aromatic nitrogens is 5. The lowest BCUT2D eigenvalue weighted by Gasteiger charge is -2.03. The van der Waals surface area contributed by atoms with Crippen LogP contribution < -0.4 is 10.0 Å². The van der Waals surface area contributed by atoms with Crippen molar-refractivity contribution in [1.29, 1.82) is 0 Å². The number of nitrogens with one attached hydrogen (secondary N) is 1. The van der Waals surface area contributed by atoms with Crippen LogP contribution in [-0.2, 0) is 7.05 Å². The molecule has 3 rings (SSSR count). The van der Waals surface area contributed by atoms with Gasteiger partial charge in [0.1, 0.15) is 18.1 Å². The minimum atomic E-state index is -0.416. The first kappa shape index (κ1) is 12.9. The molecule has 0 bridgehead atoms. The molecule has 3 aromatic rings. The molecule has 0 aliphatic rings. The van der Waals surface area contributed by atoms with Gasteiger partial charge in [0.05, 0.1) is 6.20 Å². The van der Waals surface area contributed by atoms with E-state index in [1.807, 2.05) is 12.1 Å². The molecule has 2 aromatic heterocycles. The van der Waals surface area contributed by atoms with Gasteiger partial charge in [0.2, 0.25) is 0 Å². The Morgan fingerprint density at radius 3 is 2.95 bits per heavy atom. The number of carbonyl (C=O) groups is 1. The largest absolute Gasteiger partial charge is 0.711 e. The number of anilines is 1. The molecule has 0 aliphatic carbocycles. The molecule has 0 saturated heterocycles. The van der Waals surface area contributed by atoms with Gasteiger partial charge in [-0.05, 0) is 12.1 Å². The van der Waals surface area contributed by atoms with Crippen molar-refractivity contribution in [3.05, 3.63) is 54.4 Å². The Kier molecular flexibility index (Phi) is 3.11. The fourth-order valence-corrected chi connectivity index (χ4v) is 1.88. The minimum Gasteiger partial charge on any atom is -0.711 e. The van der Waals surface area contributed by atoms with Crippen molar-refractivity contribution in [2.45, 2.75) is 0 Å². The zero-order chi connectivity index (χ0) is 14.8. The molecule has 21 heavy (non-hydrogen) atoms. The predicted octanol–water partition coefficient (Wildman–Crippen LogP) is 0.997. The van der Waals surface area contributed by atoms with Crippen LogP contribution in [0.5, 0.6) is 0 Å². The topological polar surface area (TPSA) is 91.7 Å². The third-order valence-electron chi connectivity index (χ3n) is 2.86. The number of carbonyl (C=O) groups excluding carboxylic acids is 1. The third-order valence-corrected chi connectivity index (χ3v) is 2.86. The fraction of sp³-hybridized carbons (Fsp3) is 0.0769. The van der Waals surface area contributed by atoms with Crippen LogP contribution in [-0.4, -0.2) is 25.6 Å². The molecule has 1 aromatic carbocycles. The van der Waals surface area contributed by atoms with Crippen LogP contribution in [0.3, 0.4) is 0 Å². The highest BCUT2D eigenvalue weighted by Gasteiger charge is 2.11. The monoisotopic (exact) mass is 284 g/mol. The number of hydrogen-bond donors (Lipinski definition) is 1. The second-order valence-corrected chi connectivity index (χ2v) is 4.47. The third kappa shape index (κ3) is 2.73. The Labute approximate surface area is 119 Å². The summed E-state index contributed by atoms with van der Waals surface area (Å²) >= 11 is 0. The first-order valence-corrected chi connectivity index (χ1v) is 6.17. The summed E-state index contributed by atoms with van der Waals surface area (Å²) < 4.78 is 3.32. The zero-order valence-electron chi connectivity index (χ0n) is 11.2. The molecule has 0 radical (unpaired) electrons. The Morgan fingerprint density at radius 2 is 2.29 bits per heavy atom. The molecule has 0 saturated carbocycles. The summed E-state index contributed by atoms with van der Waals surface area (Å²) in [5, 5.41) is 21.6. The minimum absolute atomic E-state index is 0.416. The molecule has 0 aliphatic heterocycles. The molecule has 1 amide bonds. The fourth-order valence-electron chi connectivity index (χ4n) is 1.88. The average molecular weight is 284 g/mol. The molecular formula is C13H12N6O2. The maximum Gasteiger partial charge on any atom is 0.417 e. The number of imidazole rings is 1. The maximum absolute atomic E-state index is 11.9. The number of benzene rings is 1. The lowest BCUT2D eigenvalue weighted by atomic mass is 10.1. The summed E-state index contributed by atoms with van der Waals surface area (Å²) in [6, 6.07) is 6.81. The Morgan fingerprint density at radius 1 is 1.43 bits per heavy atom. The number of hydrogen-bond acceptors (Lipinski definition) is 4. The summed E-state index contributed by atoms with van der Waals surface area (Å²) in [5.41, 5.74) is 2.16. The van der Waals surface area contributed by atoms with E-state index in [1.165, 1.54) is 17.0 Å². The van der Waals surface area contributed by atoms with E-state index in [-0.39, 0.29) is 0 Å². The smallest absolute Gasteiger partial charge is 0.417 e. The highest BCUT2D eigenvalue weighted by molar-refractivity contribution is 5.91. The Bertz CT molecular complexity index is 791. The van der Waals surface area contributed by atoms with Crippen molar-refractivity contribution < 1.29 is 9.52 Å². The molecule has 8 heteroatoms. The number of rotatable bonds is 2. The highest BCUT2D eigenvalue weighted by atomic mass is 16.5. The van der Waals surface area contributed by atoms with Gasteiger partial charge in [-0.3, -0.25) is 10.00 Å². The quantitative estimate of drug-likeness (QED) is 0.561. The molecule has 8 nitrogen and oxygen atoms in total. The molecule has 0 atom stereocenters.